The molecule has 2 N–H and O–H groups in total. The van der Waals surface area contributed by atoms with Crippen molar-refractivity contribution in [3.8, 4) is 6.07 Å². The Morgan fingerprint density at radius 3 is 2.70 bits per heavy atom. The van der Waals surface area contributed by atoms with Gasteiger partial charge in [-0.1, -0.05) is 6.92 Å². The van der Waals surface area contributed by atoms with Gasteiger partial charge < -0.3 is 5.73 Å². The zero-order valence-corrected chi connectivity index (χ0v) is 6.38. The van der Waals surface area contributed by atoms with E-state index >= 15 is 0 Å². The predicted molar refractivity (Wildman–Crippen MR) is 40.1 cm³/mol. The third kappa shape index (κ3) is 1.48. The molecule has 1 rings (SSSR count). The summed E-state index contributed by atoms with van der Waals surface area (Å²) in [5, 5.41) is 8.62. The molecular formula is C8H14N2. The normalized spacial score (nSPS) is 40.7. The van der Waals surface area contributed by atoms with E-state index in [9.17, 15) is 0 Å². The summed E-state index contributed by atoms with van der Waals surface area (Å²) in [5.74, 6) is 0.843. The molecule has 0 amide bonds. The highest BCUT2D eigenvalue weighted by Gasteiger charge is 2.24. The van der Waals surface area contributed by atoms with Crippen molar-refractivity contribution in [1.29, 1.82) is 5.26 Å². The minimum atomic E-state index is 0.121. The van der Waals surface area contributed by atoms with Crippen LogP contribution < -0.4 is 5.73 Å². The van der Waals surface area contributed by atoms with Gasteiger partial charge in [-0.2, -0.15) is 5.26 Å². The standard InChI is InChI=1S/C8H14N2/c1-6-2-3-7(5-9)8(10)4-6/h6-8H,2-4,10H2,1H3. The van der Waals surface area contributed by atoms with E-state index in [0.29, 0.717) is 0 Å². The summed E-state index contributed by atoms with van der Waals surface area (Å²) in [6.45, 7) is 2.20. The van der Waals surface area contributed by atoms with Gasteiger partial charge in [0.05, 0.1) is 12.0 Å². The van der Waals surface area contributed by atoms with E-state index in [4.69, 9.17) is 11.0 Å². The van der Waals surface area contributed by atoms with Crippen molar-refractivity contribution in [2.45, 2.75) is 32.2 Å². The van der Waals surface area contributed by atoms with Crippen LogP contribution in [0.5, 0.6) is 0 Å². The van der Waals surface area contributed by atoms with Gasteiger partial charge in [-0.3, -0.25) is 0 Å². The van der Waals surface area contributed by atoms with Crippen LogP contribution in [0.2, 0.25) is 0 Å². The third-order valence-corrected chi connectivity index (χ3v) is 2.33. The Hall–Kier alpha value is -0.550. The highest BCUT2D eigenvalue weighted by atomic mass is 14.7. The van der Waals surface area contributed by atoms with Gasteiger partial charge in [0, 0.05) is 6.04 Å². The summed E-state index contributed by atoms with van der Waals surface area (Å²) >= 11 is 0. The Morgan fingerprint density at radius 2 is 2.20 bits per heavy atom. The molecule has 0 aliphatic heterocycles. The first-order valence-electron chi connectivity index (χ1n) is 3.89. The number of hydrogen-bond acceptors (Lipinski definition) is 2. The molecule has 3 atom stereocenters. The third-order valence-electron chi connectivity index (χ3n) is 2.33. The molecule has 0 radical (unpaired) electrons. The van der Waals surface area contributed by atoms with Crippen LogP contribution in [0, 0.1) is 23.2 Å². The van der Waals surface area contributed by atoms with E-state index in [0.717, 1.165) is 18.8 Å². The van der Waals surface area contributed by atoms with Crippen LogP contribution >= 0.6 is 0 Å². The minimum absolute atomic E-state index is 0.121. The lowest BCUT2D eigenvalue weighted by atomic mass is 9.80. The molecule has 0 saturated heterocycles. The molecule has 0 aromatic carbocycles. The highest BCUT2D eigenvalue weighted by Crippen LogP contribution is 2.26. The molecule has 56 valence electrons. The number of hydrogen-bond donors (Lipinski definition) is 1. The Kier molecular flexibility index (Phi) is 2.29. The van der Waals surface area contributed by atoms with Crippen LogP contribution in [0.4, 0.5) is 0 Å². The molecule has 2 heteroatoms. The van der Waals surface area contributed by atoms with Crippen LogP contribution in [0.3, 0.4) is 0 Å². The second kappa shape index (κ2) is 3.03. The number of rotatable bonds is 0. The maximum absolute atomic E-state index is 8.62. The molecule has 1 aliphatic rings. The molecule has 1 aliphatic carbocycles. The van der Waals surface area contributed by atoms with Crippen molar-refractivity contribution < 1.29 is 0 Å². The first-order chi connectivity index (χ1) is 4.74. The van der Waals surface area contributed by atoms with Crippen LogP contribution in [-0.2, 0) is 0 Å². The zero-order chi connectivity index (χ0) is 7.56. The van der Waals surface area contributed by atoms with Gasteiger partial charge in [0.25, 0.3) is 0 Å². The summed E-state index contributed by atoms with van der Waals surface area (Å²) in [5.41, 5.74) is 5.76. The van der Waals surface area contributed by atoms with Crippen LogP contribution in [0.1, 0.15) is 26.2 Å². The van der Waals surface area contributed by atoms with Crippen molar-refractivity contribution in [1.82, 2.24) is 0 Å². The van der Waals surface area contributed by atoms with Crippen molar-refractivity contribution in [2.24, 2.45) is 17.6 Å². The van der Waals surface area contributed by atoms with E-state index in [2.05, 4.69) is 13.0 Å². The van der Waals surface area contributed by atoms with E-state index in [1.807, 2.05) is 0 Å². The summed E-state index contributed by atoms with van der Waals surface area (Å²) in [6.07, 6.45) is 3.20. The molecule has 3 unspecified atom stereocenters. The Bertz CT molecular complexity index is 148. The van der Waals surface area contributed by atoms with Crippen molar-refractivity contribution in [3.63, 3.8) is 0 Å². The fourth-order valence-corrected chi connectivity index (χ4v) is 1.59. The van der Waals surface area contributed by atoms with Crippen molar-refractivity contribution in [2.75, 3.05) is 0 Å². The summed E-state index contributed by atoms with van der Waals surface area (Å²) in [6, 6.07) is 2.38. The first-order valence-corrected chi connectivity index (χ1v) is 3.89. The highest BCUT2D eigenvalue weighted by molar-refractivity contribution is 4.94. The lowest BCUT2D eigenvalue weighted by Gasteiger charge is -2.27. The van der Waals surface area contributed by atoms with Gasteiger partial charge in [0.1, 0.15) is 0 Å². The maximum Gasteiger partial charge on any atom is 0.0672 e. The predicted octanol–water partition coefficient (Wildman–Crippen LogP) is 1.27. The Balaban J connectivity index is 2.45. The molecule has 1 saturated carbocycles. The van der Waals surface area contributed by atoms with E-state index < -0.39 is 0 Å². The average molecular weight is 138 g/mol. The molecule has 2 nitrogen and oxygen atoms in total. The maximum atomic E-state index is 8.62. The van der Waals surface area contributed by atoms with Gasteiger partial charge in [-0.15, -0.1) is 0 Å². The zero-order valence-electron chi connectivity index (χ0n) is 6.38. The quantitative estimate of drug-likeness (QED) is 0.548. The molecule has 0 spiro atoms. The summed E-state index contributed by atoms with van der Waals surface area (Å²) < 4.78 is 0. The Morgan fingerprint density at radius 1 is 1.50 bits per heavy atom. The monoisotopic (exact) mass is 138 g/mol. The second-order valence-corrected chi connectivity index (χ2v) is 3.32. The number of nitriles is 1. The average Bonchev–Trinajstić information content (AvgIpc) is 1.88. The molecule has 0 bridgehead atoms. The fraction of sp³-hybridized carbons (Fsp3) is 0.875. The lowest BCUT2D eigenvalue weighted by molar-refractivity contribution is 0.293. The van der Waals surface area contributed by atoms with Crippen LogP contribution in [0.25, 0.3) is 0 Å². The van der Waals surface area contributed by atoms with Gasteiger partial charge in [0.2, 0.25) is 0 Å². The van der Waals surface area contributed by atoms with Gasteiger partial charge in [-0.05, 0) is 25.2 Å². The lowest BCUT2D eigenvalue weighted by Crippen LogP contribution is -2.34. The fourth-order valence-electron chi connectivity index (χ4n) is 1.59. The Labute approximate surface area is 62.0 Å². The molecule has 0 aromatic heterocycles. The van der Waals surface area contributed by atoms with E-state index in [1.165, 1.54) is 6.42 Å². The van der Waals surface area contributed by atoms with Crippen molar-refractivity contribution >= 4 is 0 Å². The minimum Gasteiger partial charge on any atom is -0.327 e. The van der Waals surface area contributed by atoms with Crippen molar-refractivity contribution in [3.05, 3.63) is 0 Å². The smallest absolute Gasteiger partial charge is 0.0672 e. The SMILES string of the molecule is CC1CCC(C#N)C(N)C1. The van der Waals surface area contributed by atoms with Gasteiger partial charge in [0.15, 0.2) is 0 Å². The summed E-state index contributed by atoms with van der Waals surface area (Å²) in [7, 11) is 0. The van der Waals surface area contributed by atoms with Gasteiger partial charge >= 0.3 is 0 Å². The van der Waals surface area contributed by atoms with Gasteiger partial charge in [-0.25, -0.2) is 0 Å². The second-order valence-electron chi connectivity index (χ2n) is 3.32. The van der Waals surface area contributed by atoms with E-state index in [1.54, 1.807) is 0 Å². The molecular weight excluding hydrogens is 124 g/mol. The van der Waals surface area contributed by atoms with Crippen LogP contribution in [-0.4, -0.2) is 6.04 Å². The topological polar surface area (TPSA) is 49.8 Å². The largest absolute Gasteiger partial charge is 0.327 e. The molecule has 10 heavy (non-hydrogen) atoms. The summed E-state index contributed by atoms with van der Waals surface area (Å²) in [4.78, 5) is 0. The molecule has 0 heterocycles. The first kappa shape index (κ1) is 7.56. The number of nitrogens with zero attached hydrogens (tertiary/aromatic N) is 1. The molecule has 0 aromatic rings. The number of nitrogens with two attached hydrogens (primary N) is 1. The van der Waals surface area contributed by atoms with Crippen LogP contribution in [0.15, 0.2) is 0 Å². The molecule has 1 fully saturated rings. The van der Waals surface area contributed by atoms with E-state index in [-0.39, 0.29) is 12.0 Å².